The van der Waals surface area contributed by atoms with Gasteiger partial charge in [-0.3, -0.25) is 0 Å². The lowest BCUT2D eigenvalue weighted by Gasteiger charge is -2.32. The van der Waals surface area contributed by atoms with Crippen LogP contribution in [-0.4, -0.2) is 19.6 Å². The minimum absolute atomic E-state index is 0.477. The summed E-state index contributed by atoms with van der Waals surface area (Å²) < 4.78 is 0. The first-order valence-electron chi connectivity index (χ1n) is 6.07. The molecule has 84 valence electrons. The van der Waals surface area contributed by atoms with Gasteiger partial charge in [0.1, 0.15) is 0 Å². The van der Waals surface area contributed by atoms with Crippen molar-refractivity contribution >= 4 is 0 Å². The zero-order valence-corrected chi connectivity index (χ0v) is 9.81. The van der Waals surface area contributed by atoms with Gasteiger partial charge in [0, 0.05) is 6.54 Å². The van der Waals surface area contributed by atoms with Crippen LogP contribution in [0.2, 0.25) is 0 Å². The van der Waals surface area contributed by atoms with Crippen molar-refractivity contribution in [2.24, 2.45) is 17.1 Å². The number of hydrogen-bond donors (Lipinski definition) is 2. The third-order valence-corrected chi connectivity index (χ3v) is 3.60. The summed E-state index contributed by atoms with van der Waals surface area (Å²) in [7, 11) is 0. The summed E-state index contributed by atoms with van der Waals surface area (Å²) >= 11 is 0. The van der Waals surface area contributed by atoms with Gasteiger partial charge in [-0.05, 0) is 43.7 Å². The Balaban J connectivity index is 2.19. The molecule has 1 rings (SSSR count). The quantitative estimate of drug-likeness (QED) is 0.642. The van der Waals surface area contributed by atoms with Crippen molar-refractivity contribution in [1.29, 1.82) is 0 Å². The lowest BCUT2D eigenvalue weighted by molar-refractivity contribution is 0.208. The first kappa shape index (κ1) is 12.0. The molecule has 0 aromatic heterocycles. The minimum atomic E-state index is 0.477. The van der Waals surface area contributed by atoms with E-state index in [1.165, 1.54) is 25.7 Å². The van der Waals surface area contributed by atoms with Crippen LogP contribution in [0.3, 0.4) is 0 Å². The Morgan fingerprint density at radius 2 is 1.93 bits per heavy atom. The second-order valence-corrected chi connectivity index (χ2v) is 5.29. The zero-order valence-electron chi connectivity index (χ0n) is 9.81. The molecule has 1 fully saturated rings. The van der Waals surface area contributed by atoms with Crippen molar-refractivity contribution in [2.75, 3.05) is 19.6 Å². The Morgan fingerprint density at radius 3 is 2.50 bits per heavy atom. The molecule has 1 saturated carbocycles. The van der Waals surface area contributed by atoms with Crippen LogP contribution in [-0.2, 0) is 0 Å². The van der Waals surface area contributed by atoms with E-state index in [9.17, 15) is 0 Å². The van der Waals surface area contributed by atoms with E-state index in [-0.39, 0.29) is 0 Å². The molecule has 0 heterocycles. The van der Waals surface area contributed by atoms with Gasteiger partial charge in [0.15, 0.2) is 0 Å². The number of rotatable bonds is 6. The number of nitrogens with two attached hydrogens (primary N) is 1. The van der Waals surface area contributed by atoms with Crippen LogP contribution in [0.4, 0.5) is 0 Å². The fourth-order valence-electron chi connectivity index (χ4n) is 2.49. The summed E-state index contributed by atoms with van der Waals surface area (Å²) in [6.45, 7) is 7.83. The molecular formula is C12H26N2. The molecule has 0 radical (unpaired) electrons. The van der Waals surface area contributed by atoms with Crippen molar-refractivity contribution in [2.45, 2.75) is 46.0 Å². The molecule has 2 nitrogen and oxygen atoms in total. The molecule has 1 aliphatic rings. The normalized spacial score (nSPS) is 19.1. The molecule has 0 amide bonds. The standard InChI is InChI=1S/C12H26N2/c1-12(2,10-14-9-5-8-13)11-6-3-4-7-11/h11,14H,3-10,13H2,1-2H3. The molecule has 14 heavy (non-hydrogen) atoms. The number of hydrogen-bond acceptors (Lipinski definition) is 2. The fraction of sp³-hybridized carbons (Fsp3) is 1.00. The Hall–Kier alpha value is -0.0800. The van der Waals surface area contributed by atoms with Crippen molar-refractivity contribution in [3.63, 3.8) is 0 Å². The molecule has 0 aromatic carbocycles. The molecule has 0 aliphatic heterocycles. The SMILES string of the molecule is CC(C)(CNCCCN)C1CCCC1. The lowest BCUT2D eigenvalue weighted by Crippen LogP contribution is -2.35. The molecule has 0 atom stereocenters. The highest BCUT2D eigenvalue weighted by molar-refractivity contribution is 4.83. The van der Waals surface area contributed by atoms with Crippen LogP contribution in [0, 0.1) is 11.3 Å². The van der Waals surface area contributed by atoms with Crippen molar-refractivity contribution in [3.8, 4) is 0 Å². The van der Waals surface area contributed by atoms with Gasteiger partial charge in [-0.2, -0.15) is 0 Å². The lowest BCUT2D eigenvalue weighted by atomic mass is 9.78. The van der Waals surface area contributed by atoms with E-state index in [4.69, 9.17) is 5.73 Å². The predicted molar refractivity (Wildman–Crippen MR) is 62.3 cm³/mol. The summed E-state index contributed by atoms with van der Waals surface area (Å²) in [5.74, 6) is 0.938. The summed E-state index contributed by atoms with van der Waals surface area (Å²) in [5.41, 5.74) is 5.94. The van der Waals surface area contributed by atoms with Crippen LogP contribution in [0.5, 0.6) is 0 Å². The minimum Gasteiger partial charge on any atom is -0.330 e. The average Bonchev–Trinajstić information content (AvgIpc) is 2.65. The second kappa shape index (κ2) is 5.72. The highest BCUT2D eigenvalue weighted by Gasteiger charge is 2.30. The summed E-state index contributed by atoms with van der Waals surface area (Å²) in [5, 5.41) is 3.52. The predicted octanol–water partition coefficient (Wildman–Crippen LogP) is 2.14. The number of nitrogens with one attached hydrogen (secondary N) is 1. The van der Waals surface area contributed by atoms with Gasteiger partial charge in [-0.1, -0.05) is 26.7 Å². The average molecular weight is 198 g/mol. The van der Waals surface area contributed by atoms with E-state index in [0.717, 1.165) is 32.0 Å². The van der Waals surface area contributed by atoms with E-state index in [1.807, 2.05) is 0 Å². The van der Waals surface area contributed by atoms with Crippen LogP contribution < -0.4 is 11.1 Å². The van der Waals surface area contributed by atoms with E-state index in [2.05, 4.69) is 19.2 Å². The van der Waals surface area contributed by atoms with Gasteiger partial charge >= 0.3 is 0 Å². The van der Waals surface area contributed by atoms with Crippen LogP contribution in [0.15, 0.2) is 0 Å². The Labute approximate surface area is 88.6 Å². The zero-order chi connectivity index (χ0) is 10.4. The molecule has 3 N–H and O–H groups in total. The first-order valence-corrected chi connectivity index (χ1v) is 6.07. The maximum Gasteiger partial charge on any atom is 0.000518 e. The van der Waals surface area contributed by atoms with Gasteiger partial charge in [-0.25, -0.2) is 0 Å². The molecule has 2 heteroatoms. The maximum absolute atomic E-state index is 5.46. The topological polar surface area (TPSA) is 38.0 Å². The van der Waals surface area contributed by atoms with Gasteiger partial charge in [0.05, 0.1) is 0 Å². The van der Waals surface area contributed by atoms with E-state index in [0.29, 0.717) is 5.41 Å². The van der Waals surface area contributed by atoms with Crippen molar-refractivity contribution in [3.05, 3.63) is 0 Å². The summed E-state index contributed by atoms with van der Waals surface area (Å²) in [6, 6.07) is 0. The molecule has 0 spiro atoms. The summed E-state index contributed by atoms with van der Waals surface area (Å²) in [4.78, 5) is 0. The largest absolute Gasteiger partial charge is 0.330 e. The van der Waals surface area contributed by atoms with E-state index >= 15 is 0 Å². The van der Waals surface area contributed by atoms with Crippen LogP contribution >= 0.6 is 0 Å². The summed E-state index contributed by atoms with van der Waals surface area (Å²) in [6.07, 6.45) is 6.85. The smallest absolute Gasteiger partial charge is 0.000518 e. The van der Waals surface area contributed by atoms with E-state index < -0.39 is 0 Å². The third kappa shape index (κ3) is 3.58. The molecule has 1 aliphatic carbocycles. The third-order valence-electron chi connectivity index (χ3n) is 3.60. The molecule has 0 unspecified atom stereocenters. The first-order chi connectivity index (χ1) is 6.67. The van der Waals surface area contributed by atoms with Gasteiger partial charge in [-0.15, -0.1) is 0 Å². The van der Waals surface area contributed by atoms with Gasteiger partial charge in [0.25, 0.3) is 0 Å². The fourth-order valence-corrected chi connectivity index (χ4v) is 2.49. The molecular weight excluding hydrogens is 172 g/mol. The van der Waals surface area contributed by atoms with E-state index in [1.54, 1.807) is 0 Å². The van der Waals surface area contributed by atoms with Crippen molar-refractivity contribution in [1.82, 2.24) is 5.32 Å². The maximum atomic E-state index is 5.46. The van der Waals surface area contributed by atoms with Gasteiger partial charge < -0.3 is 11.1 Å². The van der Waals surface area contributed by atoms with Crippen molar-refractivity contribution < 1.29 is 0 Å². The van der Waals surface area contributed by atoms with Crippen LogP contribution in [0.1, 0.15) is 46.0 Å². The molecule has 0 bridgehead atoms. The monoisotopic (exact) mass is 198 g/mol. The highest BCUT2D eigenvalue weighted by Crippen LogP contribution is 2.38. The molecule has 0 aromatic rings. The Bertz CT molecular complexity index is 148. The molecule has 0 saturated heterocycles. The highest BCUT2D eigenvalue weighted by atomic mass is 14.9. The Kier molecular flexibility index (Phi) is 4.90. The second-order valence-electron chi connectivity index (χ2n) is 5.29. The van der Waals surface area contributed by atoms with Crippen LogP contribution in [0.25, 0.3) is 0 Å². The van der Waals surface area contributed by atoms with Gasteiger partial charge in [0.2, 0.25) is 0 Å². The Morgan fingerprint density at radius 1 is 1.29 bits per heavy atom.